The minimum atomic E-state index is -0.270. The number of hydrogen-bond acceptors (Lipinski definition) is 6. The van der Waals surface area contributed by atoms with E-state index >= 15 is 0 Å². The van der Waals surface area contributed by atoms with Crippen molar-refractivity contribution < 1.29 is 14.4 Å². The number of hydroxylamine groups is 1. The minimum absolute atomic E-state index is 0.0467. The lowest BCUT2D eigenvalue weighted by molar-refractivity contribution is -0.133. The molecule has 1 aliphatic heterocycles. The van der Waals surface area contributed by atoms with E-state index in [2.05, 4.69) is 16.0 Å². The zero-order valence-corrected chi connectivity index (χ0v) is 20.2. The Morgan fingerprint density at radius 2 is 1.94 bits per heavy atom. The Morgan fingerprint density at radius 1 is 1.14 bits per heavy atom. The summed E-state index contributed by atoms with van der Waals surface area (Å²) in [4.78, 5) is 33.9. The number of pyridine rings is 1. The fourth-order valence-electron chi connectivity index (χ4n) is 5.15. The predicted octanol–water partition coefficient (Wildman–Crippen LogP) is 2.96. The number of aromatic nitrogens is 2. The first-order chi connectivity index (χ1) is 17.0. The van der Waals surface area contributed by atoms with Gasteiger partial charge in [0.05, 0.1) is 35.6 Å². The maximum absolute atomic E-state index is 13.6. The average molecular weight is 477 g/mol. The van der Waals surface area contributed by atoms with Crippen molar-refractivity contribution in [3.63, 3.8) is 0 Å². The average Bonchev–Trinajstić information content (AvgIpc) is 3.31. The van der Waals surface area contributed by atoms with Gasteiger partial charge in [-0.25, -0.2) is 9.94 Å². The lowest BCUT2D eigenvalue weighted by Crippen LogP contribution is -2.55. The van der Waals surface area contributed by atoms with E-state index in [1.165, 1.54) is 5.06 Å². The molecule has 0 bridgehead atoms. The van der Waals surface area contributed by atoms with Gasteiger partial charge in [0.25, 0.3) is 5.91 Å². The highest BCUT2D eigenvalue weighted by molar-refractivity contribution is 6.09. The number of nitrogens with zero attached hydrogens (tertiary/aromatic N) is 4. The molecule has 2 aromatic heterocycles. The van der Waals surface area contributed by atoms with Crippen molar-refractivity contribution in [2.24, 2.45) is 11.8 Å². The van der Waals surface area contributed by atoms with Crippen molar-refractivity contribution in [3.05, 3.63) is 66.0 Å². The number of hydrazine groups is 1. The van der Waals surface area contributed by atoms with E-state index in [-0.39, 0.29) is 29.7 Å². The van der Waals surface area contributed by atoms with Gasteiger partial charge >= 0.3 is 0 Å². The molecular formula is C26H32N6O3. The van der Waals surface area contributed by atoms with Gasteiger partial charge in [0.2, 0.25) is 5.91 Å². The minimum Gasteiger partial charge on any atom is -0.307 e. The van der Waals surface area contributed by atoms with Crippen LogP contribution >= 0.6 is 0 Å². The Balaban J connectivity index is 1.41. The van der Waals surface area contributed by atoms with Crippen molar-refractivity contribution in [3.8, 4) is 0 Å². The van der Waals surface area contributed by atoms with Crippen LogP contribution in [0.5, 0.6) is 0 Å². The molecule has 0 spiro atoms. The molecule has 3 atom stereocenters. The van der Waals surface area contributed by atoms with Gasteiger partial charge in [0.1, 0.15) is 0 Å². The summed E-state index contributed by atoms with van der Waals surface area (Å²) in [6, 6.07) is 13.5. The van der Waals surface area contributed by atoms with E-state index in [0.29, 0.717) is 24.4 Å². The third kappa shape index (κ3) is 4.80. The fourth-order valence-corrected chi connectivity index (χ4v) is 5.15. The van der Waals surface area contributed by atoms with E-state index in [1.807, 2.05) is 67.7 Å². The number of likely N-dealkylation sites (N-methyl/N-ethyl adjacent to an activating group) is 1. The van der Waals surface area contributed by atoms with Gasteiger partial charge in [0, 0.05) is 18.7 Å². The van der Waals surface area contributed by atoms with Crippen LogP contribution in [-0.4, -0.2) is 53.6 Å². The molecule has 2 N–H and O–H groups in total. The van der Waals surface area contributed by atoms with Crippen LogP contribution in [0.3, 0.4) is 0 Å². The van der Waals surface area contributed by atoms with Crippen molar-refractivity contribution in [2.75, 3.05) is 32.3 Å². The van der Waals surface area contributed by atoms with Crippen LogP contribution in [0, 0.1) is 11.8 Å². The van der Waals surface area contributed by atoms with Crippen molar-refractivity contribution in [1.29, 1.82) is 0 Å². The fraction of sp³-hybridized carbons (Fsp3) is 0.423. The molecular weight excluding hydrogens is 444 g/mol. The number of amides is 2. The molecule has 184 valence electrons. The van der Waals surface area contributed by atoms with Gasteiger partial charge < -0.3 is 4.90 Å². The number of carbonyl (C=O) groups is 2. The molecule has 1 saturated carbocycles. The molecule has 2 amide bonds. The number of nitrogens with one attached hydrogen (secondary N) is 2. The van der Waals surface area contributed by atoms with Crippen molar-refractivity contribution >= 4 is 23.0 Å². The lowest BCUT2D eigenvalue weighted by atomic mass is 9.72. The topological polar surface area (TPSA) is 91.2 Å². The molecule has 5 rings (SSSR count). The molecule has 9 heteroatoms. The van der Waals surface area contributed by atoms with Gasteiger partial charge in [-0.3, -0.25) is 19.9 Å². The van der Waals surface area contributed by atoms with Crippen LogP contribution < -0.4 is 15.9 Å². The first-order valence-electron chi connectivity index (χ1n) is 12.2. The summed E-state index contributed by atoms with van der Waals surface area (Å²) >= 11 is 0. The van der Waals surface area contributed by atoms with Gasteiger partial charge in [0.15, 0.2) is 0 Å². The van der Waals surface area contributed by atoms with E-state index < -0.39 is 0 Å². The summed E-state index contributed by atoms with van der Waals surface area (Å²) in [5, 5.41) is 5.66. The van der Waals surface area contributed by atoms with Gasteiger partial charge in [-0.2, -0.15) is 10.2 Å². The Hall–Kier alpha value is -3.27. The molecule has 3 aromatic rings. The second kappa shape index (κ2) is 10.2. The molecule has 1 saturated heterocycles. The zero-order chi connectivity index (χ0) is 24.4. The third-order valence-electron chi connectivity index (χ3n) is 7.02. The van der Waals surface area contributed by atoms with Crippen molar-refractivity contribution in [1.82, 2.24) is 25.4 Å². The molecule has 3 unspecified atom stereocenters. The standard InChI is InChI=1S/C26H32N6O3/c1-30(2)15-16-35-32(26(34)22-17-27-31-14-6-5-9-23(22)31)19-12-10-18(11-13-19)24-20-7-3-4-8-21(20)25(33)29-28-24/h5-6,9-14,17,20-21,24,28H,3-4,7-8,15-16H2,1-2H3,(H,29,33). The van der Waals surface area contributed by atoms with Crippen LogP contribution in [0.4, 0.5) is 5.69 Å². The summed E-state index contributed by atoms with van der Waals surface area (Å²) in [5.74, 6) is 0.157. The monoisotopic (exact) mass is 476 g/mol. The second-order valence-electron chi connectivity index (χ2n) is 9.58. The Kier molecular flexibility index (Phi) is 6.81. The molecule has 2 fully saturated rings. The van der Waals surface area contributed by atoms with Crippen LogP contribution in [-0.2, 0) is 9.63 Å². The summed E-state index contributed by atoms with van der Waals surface area (Å²) in [7, 11) is 3.92. The molecule has 9 nitrogen and oxygen atoms in total. The number of benzene rings is 1. The Morgan fingerprint density at radius 3 is 2.74 bits per heavy atom. The molecule has 35 heavy (non-hydrogen) atoms. The van der Waals surface area contributed by atoms with Crippen LogP contribution in [0.15, 0.2) is 54.9 Å². The van der Waals surface area contributed by atoms with E-state index in [4.69, 9.17) is 4.84 Å². The quantitative estimate of drug-likeness (QED) is 0.510. The first-order valence-corrected chi connectivity index (χ1v) is 12.2. The predicted molar refractivity (Wildman–Crippen MR) is 132 cm³/mol. The second-order valence-corrected chi connectivity index (χ2v) is 9.58. The Labute approximate surface area is 205 Å². The van der Waals surface area contributed by atoms with Gasteiger partial charge in [-0.05, 0) is 62.7 Å². The smallest absolute Gasteiger partial charge is 0.286 e. The van der Waals surface area contributed by atoms with Gasteiger partial charge in [-0.15, -0.1) is 0 Å². The Bertz CT molecular complexity index is 1190. The third-order valence-corrected chi connectivity index (χ3v) is 7.02. The number of carbonyl (C=O) groups excluding carboxylic acids is 2. The normalized spacial score (nSPS) is 22.1. The summed E-state index contributed by atoms with van der Waals surface area (Å²) in [5.41, 5.74) is 9.01. The molecule has 0 radical (unpaired) electrons. The SMILES string of the molecule is CN(C)CCON(C(=O)c1cnn2ccccc12)c1ccc(C2NNC(=O)C3CCCCC32)cc1. The van der Waals surface area contributed by atoms with E-state index in [0.717, 1.165) is 36.8 Å². The number of hydrogen-bond donors (Lipinski definition) is 2. The maximum atomic E-state index is 13.6. The number of anilines is 1. The highest BCUT2D eigenvalue weighted by Gasteiger charge is 2.40. The highest BCUT2D eigenvalue weighted by Crippen LogP contribution is 2.40. The maximum Gasteiger partial charge on any atom is 0.286 e. The molecule has 3 heterocycles. The van der Waals surface area contributed by atoms with Crippen LogP contribution in [0.2, 0.25) is 0 Å². The number of rotatable bonds is 7. The molecule has 1 aromatic carbocycles. The van der Waals surface area contributed by atoms with Crippen molar-refractivity contribution in [2.45, 2.75) is 31.7 Å². The summed E-state index contributed by atoms with van der Waals surface area (Å²) in [6.07, 6.45) is 7.61. The largest absolute Gasteiger partial charge is 0.307 e. The zero-order valence-electron chi connectivity index (χ0n) is 20.2. The number of fused-ring (bicyclic) bond motifs is 2. The highest BCUT2D eigenvalue weighted by atomic mass is 16.7. The van der Waals surface area contributed by atoms with E-state index in [9.17, 15) is 9.59 Å². The van der Waals surface area contributed by atoms with Crippen LogP contribution in [0.25, 0.3) is 5.52 Å². The molecule has 2 aliphatic rings. The summed E-state index contributed by atoms with van der Waals surface area (Å²) < 4.78 is 1.68. The van der Waals surface area contributed by atoms with Crippen LogP contribution in [0.1, 0.15) is 47.6 Å². The first kappa shape index (κ1) is 23.5. The van der Waals surface area contributed by atoms with E-state index in [1.54, 1.807) is 10.7 Å². The summed E-state index contributed by atoms with van der Waals surface area (Å²) in [6.45, 7) is 1.03. The lowest BCUT2D eigenvalue weighted by Gasteiger charge is -2.41. The molecule has 1 aliphatic carbocycles. The van der Waals surface area contributed by atoms with Gasteiger partial charge in [-0.1, -0.05) is 31.0 Å².